The van der Waals surface area contributed by atoms with Crippen molar-refractivity contribution < 1.29 is 22.3 Å². The van der Waals surface area contributed by atoms with E-state index in [1.165, 1.54) is 8.61 Å². The molecule has 2 fully saturated rings. The van der Waals surface area contributed by atoms with E-state index in [9.17, 15) is 8.42 Å². The van der Waals surface area contributed by atoms with Crippen LogP contribution in [-0.2, 0) is 32.6 Å². The second-order valence-electron chi connectivity index (χ2n) is 6.09. The molecule has 4 heterocycles. The highest BCUT2D eigenvalue weighted by Crippen LogP contribution is 2.30. The third kappa shape index (κ3) is 2.91. The molecule has 0 saturated carbocycles. The van der Waals surface area contributed by atoms with E-state index >= 15 is 0 Å². The average molecular weight is 343 g/mol. The van der Waals surface area contributed by atoms with E-state index in [1.54, 1.807) is 0 Å². The SMILES string of the molecule is O=S(=O)(N1CCOCC1)N1CCc2oc(C3CCOC3)nc2C1. The van der Waals surface area contributed by atoms with Crippen molar-refractivity contribution in [3.63, 3.8) is 0 Å². The topological polar surface area (TPSA) is 85.1 Å². The first kappa shape index (κ1) is 15.5. The van der Waals surface area contributed by atoms with E-state index in [0.717, 1.165) is 24.5 Å². The predicted octanol–water partition coefficient (Wildman–Crippen LogP) is 0.114. The molecule has 1 aromatic heterocycles. The Morgan fingerprint density at radius 3 is 2.61 bits per heavy atom. The Hall–Kier alpha value is -1.00. The first-order valence-electron chi connectivity index (χ1n) is 8.04. The molecule has 0 aromatic carbocycles. The number of aromatic nitrogens is 1. The van der Waals surface area contributed by atoms with Crippen LogP contribution in [0, 0.1) is 0 Å². The maximum absolute atomic E-state index is 12.7. The molecular weight excluding hydrogens is 322 g/mol. The van der Waals surface area contributed by atoms with Gasteiger partial charge in [0.15, 0.2) is 5.89 Å². The van der Waals surface area contributed by atoms with Crippen molar-refractivity contribution in [1.82, 2.24) is 13.6 Å². The van der Waals surface area contributed by atoms with Gasteiger partial charge in [-0.2, -0.15) is 17.0 Å². The Bertz CT molecular complexity index is 662. The number of hydrogen-bond donors (Lipinski definition) is 0. The highest BCUT2D eigenvalue weighted by molar-refractivity contribution is 7.86. The summed E-state index contributed by atoms with van der Waals surface area (Å²) in [6, 6.07) is 0. The Morgan fingerprint density at radius 1 is 1.04 bits per heavy atom. The molecule has 0 amide bonds. The summed E-state index contributed by atoms with van der Waals surface area (Å²) in [5.74, 6) is 1.71. The lowest BCUT2D eigenvalue weighted by molar-refractivity contribution is 0.0698. The molecule has 3 aliphatic heterocycles. The Balaban J connectivity index is 1.51. The summed E-state index contributed by atoms with van der Waals surface area (Å²) in [4.78, 5) is 4.55. The number of ether oxygens (including phenoxy) is 2. The van der Waals surface area contributed by atoms with E-state index in [0.29, 0.717) is 51.8 Å². The quantitative estimate of drug-likeness (QED) is 0.775. The number of morpholine rings is 1. The van der Waals surface area contributed by atoms with Crippen molar-refractivity contribution in [2.75, 3.05) is 46.1 Å². The maximum Gasteiger partial charge on any atom is 0.282 e. The number of nitrogens with zero attached hydrogens (tertiary/aromatic N) is 3. The first-order chi connectivity index (χ1) is 11.1. The maximum atomic E-state index is 12.7. The lowest BCUT2D eigenvalue weighted by Crippen LogP contribution is -2.49. The van der Waals surface area contributed by atoms with Gasteiger partial charge in [0, 0.05) is 32.7 Å². The molecule has 0 aliphatic carbocycles. The fourth-order valence-corrected chi connectivity index (χ4v) is 4.78. The fourth-order valence-electron chi connectivity index (χ4n) is 3.24. The van der Waals surface area contributed by atoms with Gasteiger partial charge < -0.3 is 13.9 Å². The number of oxazole rings is 1. The van der Waals surface area contributed by atoms with E-state index in [2.05, 4.69) is 4.98 Å². The van der Waals surface area contributed by atoms with Crippen LogP contribution in [0.5, 0.6) is 0 Å². The summed E-state index contributed by atoms with van der Waals surface area (Å²) < 4.78 is 44.9. The van der Waals surface area contributed by atoms with Gasteiger partial charge in [-0.1, -0.05) is 0 Å². The molecular formula is C14H21N3O5S. The van der Waals surface area contributed by atoms with Crippen molar-refractivity contribution in [1.29, 1.82) is 0 Å². The van der Waals surface area contributed by atoms with Crippen molar-refractivity contribution in [2.24, 2.45) is 0 Å². The smallest absolute Gasteiger partial charge is 0.282 e. The largest absolute Gasteiger partial charge is 0.445 e. The Kier molecular flexibility index (Phi) is 4.14. The lowest BCUT2D eigenvalue weighted by atomic mass is 10.1. The van der Waals surface area contributed by atoms with E-state index in [1.807, 2.05) is 0 Å². The third-order valence-corrected chi connectivity index (χ3v) is 6.59. The average Bonchev–Trinajstić information content (AvgIpc) is 3.24. The van der Waals surface area contributed by atoms with Crippen molar-refractivity contribution >= 4 is 10.2 Å². The Labute approximate surface area is 135 Å². The van der Waals surface area contributed by atoms with Gasteiger partial charge in [-0.3, -0.25) is 0 Å². The van der Waals surface area contributed by atoms with Crippen LogP contribution in [0.4, 0.5) is 0 Å². The van der Waals surface area contributed by atoms with Crippen LogP contribution in [0.15, 0.2) is 4.42 Å². The molecule has 1 atom stereocenters. The van der Waals surface area contributed by atoms with Crippen LogP contribution in [0.25, 0.3) is 0 Å². The Morgan fingerprint density at radius 2 is 1.87 bits per heavy atom. The zero-order valence-corrected chi connectivity index (χ0v) is 13.8. The van der Waals surface area contributed by atoms with E-state index in [4.69, 9.17) is 13.9 Å². The van der Waals surface area contributed by atoms with Gasteiger partial charge in [0.2, 0.25) is 0 Å². The van der Waals surface area contributed by atoms with Gasteiger partial charge in [-0.15, -0.1) is 0 Å². The van der Waals surface area contributed by atoms with Crippen LogP contribution in [-0.4, -0.2) is 68.1 Å². The summed E-state index contributed by atoms with van der Waals surface area (Å²) in [6.45, 7) is 3.81. The molecule has 0 radical (unpaired) electrons. The molecule has 23 heavy (non-hydrogen) atoms. The van der Waals surface area contributed by atoms with Crippen LogP contribution < -0.4 is 0 Å². The number of fused-ring (bicyclic) bond motifs is 1. The molecule has 128 valence electrons. The molecule has 0 bridgehead atoms. The molecule has 8 nitrogen and oxygen atoms in total. The molecule has 0 N–H and O–H groups in total. The monoisotopic (exact) mass is 343 g/mol. The van der Waals surface area contributed by atoms with Crippen molar-refractivity contribution in [3.05, 3.63) is 17.3 Å². The number of hydrogen-bond acceptors (Lipinski definition) is 6. The van der Waals surface area contributed by atoms with Crippen LogP contribution in [0.3, 0.4) is 0 Å². The highest BCUT2D eigenvalue weighted by atomic mass is 32.2. The van der Waals surface area contributed by atoms with E-state index < -0.39 is 10.2 Å². The van der Waals surface area contributed by atoms with Gasteiger partial charge in [-0.05, 0) is 6.42 Å². The second kappa shape index (κ2) is 6.14. The summed E-state index contributed by atoms with van der Waals surface area (Å²) in [7, 11) is -3.46. The summed E-state index contributed by atoms with van der Waals surface area (Å²) in [5.41, 5.74) is 0.745. The molecule has 1 unspecified atom stereocenters. The fraction of sp³-hybridized carbons (Fsp3) is 0.786. The van der Waals surface area contributed by atoms with Crippen LogP contribution in [0.1, 0.15) is 29.7 Å². The molecule has 3 aliphatic rings. The van der Waals surface area contributed by atoms with Gasteiger partial charge in [0.05, 0.1) is 38.0 Å². The third-order valence-electron chi connectivity index (χ3n) is 4.61. The minimum Gasteiger partial charge on any atom is -0.445 e. The lowest BCUT2D eigenvalue weighted by Gasteiger charge is -2.33. The van der Waals surface area contributed by atoms with Crippen LogP contribution in [0.2, 0.25) is 0 Å². The highest BCUT2D eigenvalue weighted by Gasteiger charge is 2.36. The normalized spacial score (nSPS) is 27.2. The van der Waals surface area contributed by atoms with Gasteiger partial charge in [-0.25, -0.2) is 4.98 Å². The molecule has 0 spiro atoms. The van der Waals surface area contributed by atoms with Gasteiger partial charge in [0.1, 0.15) is 5.76 Å². The van der Waals surface area contributed by atoms with Gasteiger partial charge in [0.25, 0.3) is 10.2 Å². The predicted molar refractivity (Wildman–Crippen MR) is 80.1 cm³/mol. The molecule has 2 saturated heterocycles. The summed E-state index contributed by atoms with van der Waals surface area (Å²) in [5, 5.41) is 0. The van der Waals surface area contributed by atoms with Gasteiger partial charge >= 0.3 is 0 Å². The summed E-state index contributed by atoms with van der Waals surface area (Å²) in [6.07, 6.45) is 1.48. The molecule has 4 rings (SSSR count). The van der Waals surface area contributed by atoms with Crippen molar-refractivity contribution in [2.45, 2.75) is 25.3 Å². The second-order valence-corrected chi connectivity index (χ2v) is 8.01. The standard InChI is InChI=1S/C14H21N3O5S/c18-23(19,16-4-7-20-8-5-16)17-3-1-13-12(9-17)15-14(22-13)11-2-6-21-10-11/h11H,1-10H2. The van der Waals surface area contributed by atoms with E-state index in [-0.39, 0.29) is 12.5 Å². The molecule has 1 aromatic rings. The van der Waals surface area contributed by atoms with Crippen LogP contribution >= 0.6 is 0 Å². The number of rotatable bonds is 3. The zero-order valence-electron chi connectivity index (χ0n) is 12.9. The van der Waals surface area contributed by atoms with Crippen molar-refractivity contribution in [3.8, 4) is 0 Å². The first-order valence-corrected chi connectivity index (χ1v) is 9.43. The summed E-state index contributed by atoms with van der Waals surface area (Å²) >= 11 is 0. The minimum absolute atomic E-state index is 0.199. The minimum atomic E-state index is -3.46. The zero-order chi connectivity index (χ0) is 15.9. The molecule has 9 heteroatoms.